The van der Waals surface area contributed by atoms with Gasteiger partial charge in [0.1, 0.15) is 47.5 Å². The van der Waals surface area contributed by atoms with Crippen LogP contribution in [0.1, 0.15) is 45.0 Å². The number of benzene rings is 4. The Bertz CT molecular complexity index is 2230. The molecule has 0 bridgehead atoms. The minimum atomic E-state index is -0.635. The van der Waals surface area contributed by atoms with Gasteiger partial charge in [-0.1, -0.05) is 108 Å². The second kappa shape index (κ2) is 13.4. The molecule has 0 unspecified atom stereocenters. The number of nitriles is 2. The zero-order chi connectivity index (χ0) is 34.8. The van der Waals surface area contributed by atoms with Gasteiger partial charge in [0.2, 0.25) is 12.4 Å². The number of alkyl halides is 2. The van der Waals surface area contributed by atoms with Crippen LogP contribution in [0.2, 0.25) is 0 Å². The third-order valence-electron chi connectivity index (χ3n) is 8.43. The Labute approximate surface area is 286 Å². The molecule has 6 aromatic rings. The van der Waals surface area contributed by atoms with Crippen molar-refractivity contribution in [2.75, 3.05) is 0 Å². The first-order chi connectivity index (χ1) is 24.4. The Balaban J connectivity index is 1.55. The average molecular weight is 657 g/mol. The Kier molecular flexibility index (Phi) is 8.51. The van der Waals surface area contributed by atoms with Crippen LogP contribution < -0.4 is 0 Å². The maximum atomic E-state index is 13.5. The van der Waals surface area contributed by atoms with Crippen molar-refractivity contribution in [1.82, 2.24) is 19.9 Å². The van der Waals surface area contributed by atoms with E-state index < -0.39 is 13.3 Å². The Morgan fingerprint density at radius 1 is 0.440 bits per heavy atom. The topological polar surface area (TPSA) is 124 Å². The molecule has 0 saturated heterocycles. The van der Waals surface area contributed by atoms with Crippen LogP contribution >= 0.6 is 0 Å². The van der Waals surface area contributed by atoms with Crippen molar-refractivity contribution in [3.8, 4) is 57.4 Å². The summed E-state index contributed by atoms with van der Waals surface area (Å²) in [5, 5.41) is 19.9. The molecule has 50 heavy (non-hydrogen) atoms. The molecule has 0 aliphatic heterocycles. The lowest BCUT2D eigenvalue weighted by atomic mass is 9.92. The van der Waals surface area contributed by atoms with Gasteiger partial charge in [0.05, 0.1) is 22.8 Å². The van der Waals surface area contributed by atoms with E-state index >= 15 is 0 Å². The van der Waals surface area contributed by atoms with Gasteiger partial charge < -0.3 is 0 Å². The molecule has 1 aliphatic rings. The molecule has 0 N–H and O–H groups in total. The number of halogens is 2. The maximum Gasteiger partial charge on any atom is 0.206 e. The summed E-state index contributed by atoms with van der Waals surface area (Å²) in [6.07, 6.45) is 3.78. The van der Waals surface area contributed by atoms with E-state index in [0.29, 0.717) is 45.0 Å². The van der Waals surface area contributed by atoms with E-state index in [1.807, 2.05) is 74.8 Å². The first-order valence-electron chi connectivity index (χ1n) is 15.7. The highest BCUT2D eigenvalue weighted by Gasteiger charge is 2.36. The standard InChI is InChI=1S/C40H26F2N8/c1-23-3-11-27(12-4-23)31-32(28-13-5-24(2)6-14-28)48-38-36(46-22-44)40-39(35(45-21-43)37(38)47-31)49-33(29-15-7-25(19-41)8-16-29)34(50-40)30-17-9-26(20-42)10-18-30/h3-18H,19-20H2,1-2H3. The summed E-state index contributed by atoms with van der Waals surface area (Å²) in [6, 6.07) is 29.2. The summed E-state index contributed by atoms with van der Waals surface area (Å²) in [7, 11) is 0. The predicted molar refractivity (Wildman–Crippen MR) is 187 cm³/mol. The summed E-state index contributed by atoms with van der Waals surface area (Å²) in [5.74, 6) is 0. The molecular formula is C40H26F2N8. The van der Waals surface area contributed by atoms with Gasteiger partial charge in [-0.3, -0.25) is 0 Å². The molecule has 2 heterocycles. The molecular weight excluding hydrogens is 630 g/mol. The maximum absolute atomic E-state index is 13.5. The van der Waals surface area contributed by atoms with E-state index in [4.69, 9.17) is 19.9 Å². The number of fused-ring (bicyclic) bond motifs is 2. The van der Waals surface area contributed by atoms with Crippen LogP contribution in [0.5, 0.6) is 0 Å². The highest BCUT2D eigenvalue weighted by molar-refractivity contribution is 6.29. The SMILES string of the molecule is Cc1ccc(-c2nc3c(nc2-c2ccc(C)cc2)C(=NC#N)c2nc(-c4ccc(CF)cc4)c(-c4ccc(CF)cc4)nc2C3=NC#N)cc1. The highest BCUT2D eigenvalue weighted by Crippen LogP contribution is 2.37. The molecule has 0 saturated carbocycles. The fourth-order valence-electron chi connectivity index (χ4n) is 5.80. The van der Waals surface area contributed by atoms with Crippen molar-refractivity contribution in [1.29, 1.82) is 10.5 Å². The number of aliphatic imine (C=N–C) groups is 2. The summed E-state index contributed by atoms with van der Waals surface area (Å²) < 4.78 is 26.9. The zero-order valence-corrected chi connectivity index (χ0v) is 27.0. The summed E-state index contributed by atoms with van der Waals surface area (Å²) in [6.45, 7) is 2.72. The van der Waals surface area contributed by atoms with Gasteiger partial charge in [0.25, 0.3) is 0 Å². The van der Waals surface area contributed by atoms with Crippen molar-refractivity contribution in [2.45, 2.75) is 27.2 Å². The first kappa shape index (κ1) is 31.8. The van der Waals surface area contributed by atoms with Crippen molar-refractivity contribution in [3.63, 3.8) is 0 Å². The van der Waals surface area contributed by atoms with E-state index in [1.54, 1.807) is 48.5 Å². The third-order valence-corrected chi connectivity index (χ3v) is 8.43. The molecule has 1 aliphatic carbocycles. The van der Waals surface area contributed by atoms with Crippen LogP contribution in [-0.4, -0.2) is 31.4 Å². The number of aryl methyl sites for hydroxylation is 2. The summed E-state index contributed by atoms with van der Waals surface area (Å²) >= 11 is 0. The molecule has 7 rings (SSSR count). The molecule has 0 spiro atoms. The number of rotatable bonds is 6. The Hall–Kier alpha value is -6.78. The fraction of sp³-hybridized carbons (Fsp3) is 0.100. The van der Waals surface area contributed by atoms with E-state index in [0.717, 1.165) is 22.3 Å². The third kappa shape index (κ3) is 5.80. The number of hydrogen-bond acceptors (Lipinski definition) is 8. The zero-order valence-electron chi connectivity index (χ0n) is 27.0. The van der Waals surface area contributed by atoms with Crippen molar-refractivity contribution >= 4 is 11.4 Å². The Morgan fingerprint density at radius 3 is 0.940 bits per heavy atom. The minimum absolute atomic E-state index is 0.110. The molecule has 0 atom stereocenters. The van der Waals surface area contributed by atoms with Crippen LogP contribution in [0.25, 0.3) is 45.0 Å². The lowest BCUT2D eigenvalue weighted by Gasteiger charge is -2.23. The smallest absolute Gasteiger partial charge is 0.206 e. The van der Waals surface area contributed by atoms with Crippen molar-refractivity contribution < 1.29 is 8.78 Å². The van der Waals surface area contributed by atoms with E-state index in [-0.39, 0.29) is 34.2 Å². The van der Waals surface area contributed by atoms with Crippen LogP contribution in [0.15, 0.2) is 107 Å². The first-order valence-corrected chi connectivity index (χ1v) is 15.7. The molecule has 0 amide bonds. The highest BCUT2D eigenvalue weighted by atomic mass is 19.1. The van der Waals surface area contributed by atoms with Gasteiger partial charge in [-0.05, 0) is 25.0 Å². The molecule has 2 aromatic heterocycles. The summed E-state index contributed by atoms with van der Waals surface area (Å²) in [4.78, 5) is 28.6. The predicted octanol–water partition coefficient (Wildman–Crippen LogP) is 8.44. The fourth-order valence-corrected chi connectivity index (χ4v) is 5.80. The molecule has 4 aromatic carbocycles. The van der Waals surface area contributed by atoms with Crippen LogP contribution in [-0.2, 0) is 13.3 Å². The monoisotopic (exact) mass is 656 g/mol. The van der Waals surface area contributed by atoms with Gasteiger partial charge in [-0.15, -0.1) is 0 Å². The van der Waals surface area contributed by atoms with Gasteiger partial charge in [-0.25, -0.2) is 28.7 Å². The second-order valence-electron chi connectivity index (χ2n) is 11.8. The number of aromatic nitrogens is 4. The number of hydrogen-bond donors (Lipinski definition) is 0. The summed E-state index contributed by atoms with van der Waals surface area (Å²) in [5.41, 5.74) is 8.79. The average Bonchev–Trinajstić information content (AvgIpc) is 3.16. The van der Waals surface area contributed by atoms with E-state index in [2.05, 4.69) is 9.98 Å². The Morgan fingerprint density at radius 2 is 0.700 bits per heavy atom. The van der Waals surface area contributed by atoms with Gasteiger partial charge in [-0.2, -0.15) is 20.5 Å². The molecule has 0 fully saturated rings. The lowest BCUT2D eigenvalue weighted by molar-refractivity contribution is 0.485. The normalized spacial score (nSPS) is 13.4. The minimum Gasteiger partial charge on any atom is -0.246 e. The van der Waals surface area contributed by atoms with Crippen molar-refractivity contribution in [3.05, 3.63) is 142 Å². The van der Waals surface area contributed by atoms with Crippen LogP contribution in [0, 0.1) is 36.8 Å². The lowest BCUT2D eigenvalue weighted by Crippen LogP contribution is -2.29. The molecule has 0 radical (unpaired) electrons. The van der Waals surface area contributed by atoms with Gasteiger partial charge in [0, 0.05) is 22.3 Å². The second-order valence-corrected chi connectivity index (χ2v) is 11.8. The molecule has 10 heteroatoms. The van der Waals surface area contributed by atoms with Crippen molar-refractivity contribution in [2.24, 2.45) is 9.98 Å². The van der Waals surface area contributed by atoms with Crippen LogP contribution in [0.3, 0.4) is 0 Å². The molecule has 8 nitrogen and oxygen atoms in total. The van der Waals surface area contributed by atoms with E-state index in [9.17, 15) is 19.3 Å². The number of nitrogens with zero attached hydrogens (tertiary/aromatic N) is 8. The van der Waals surface area contributed by atoms with Gasteiger partial charge in [0.15, 0.2) is 0 Å². The van der Waals surface area contributed by atoms with Crippen LogP contribution in [0.4, 0.5) is 8.78 Å². The largest absolute Gasteiger partial charge is 0.246 e. The quantitative estimate of drug-likeness (QED) is 0.166. The van der Waals surface area contributed by atoms with E-state index in [1.165, 1.54) is 0 Å². The van der Waals surface area contributed by atoms with Gasteiger partial charge >= 0.3 is 0 Å². The molecule has 240 valence electrons.